The Morgan fingerprint density at radius 3 is 2.50 bits per heavy atom. The van der Waals surface area contributed by atoms with Crippen molar-refractivity contribution in [2.45, 2.75) is 33.8 Å². The van der Waals surface area contributed by atoms with Crippen LogP contribution in [0.4, 0.5) is 5.69 Å². The second-order valence-electron chi connectivity index (χ2n) is 7.03. The summed E-state index contributed by atoms with van der Waals surface area (Å²) >= 11 is 0. The molecule has 0 bridgehead atoms. The van der Waals surface area contributed by atoms with Crippen molar-refractivity contribution in [3.63, 3.8) is 0 Å². The zero-order valence-electron chi connectivity index (χ0n) is 17.6. The fourth-order valence-corrected chi connectivity index (χ4v) is 2.47. The first-order chi connectivity index (χ1) is 14.3. The molecule has 0 saturated heterocycles. The van der Waals surface area contributed by atoms with Crippen LogP contribution >= 0.6 is 0 Å². The van der Waals surface area contributed by atoms with Gasteiger partial charge in [0.2, 0.25) is 0 Å². The number of esters is 1. The summed E-state index contributed by atoms with van der Waals surface area (Å²) in [5.41, 5.74) is 1.12. The maximum Gasteiger partial charge on any atom is 0.339 e. The zero-order valence-corrected chi connectivity index (χ0v) is 17.6. The molecule has 0 saturated carbocycles. The van der Waals surface area contributed by atoms with Crippen LogP contribution in [0.25, 0.3) is 0 Å². The lowest BCUT2D eigenvalue weighted by molar-refractivity contribution is -0.123. The number of amides is 1. The lowest BCUT2D eigenvalue weighted by Gasteiger charge is -2.16. The number of hydrogen-bond acceptors (Lipinski definition) is 6. The van der Waals surface area contributed by atoms with E-state index in [1.807, 2.05) is 26.8 Å². The second kappa shape index (κ2) is 10.9. The molecular formula is C23H26N2O5. The molecule has 1 N–H and O–H groups in total. The lowest BCUT2D eigenvalue weighted by Crippen LogP contribution is -2.30. The van der Waals surface area contributed by atoms with Crippen LogP contribution < -0.4 is 14.8 Å². The molecule has 0 aromatic heterocycles. The van der Waals surface area contributed by atoms with Gasteiger partial charge in [-0.1, -0.05) is 19.9 Å². The van der Waals surface area contributed by atoms with Gasteiger partial charge in [0, 0.05) is 5.69 Å². The fourth-order valence-electron chi connectivity index (χ4n) is 2.47. The quantitative estimate of drug-likeness (QED) is 0.623. The van der Waals surface area contributed by atoms with E-state index in [1.165, 1.54) is 13.0 Å². The maximum absolute atomic E-state index is 12.5. The van der Waals surface area contributed by atoms with Crippen LogP contribution in [0.1, 0.15) is 43.6 Å². The van der Waals surface area contributed by atoms with E-state index in [4.69, 9.17) is 19.5 Å². The van der Waals surface area contributed by atoms with Gasteiger partial charge in [-0.05, 0) is 56.2 Å². The Kier molecular flexibility index (Phi) is 8.24. The van der Waals surface area contributed by atoms with Crippen LogP contribution in [-0.4, -0.2) is 31.2 Å². The van der Waals surface area contributed by atoms with Crippen molar-refractivity contribution in [2.24, 2.45) is 5.92 Å². The number of benzene rings is 2. The van der Waals surface area contributed by atoms with Crippen molar-refractivity contribution in [3.8, 4) is 17.6 Å². The van der Waals surface area contributed by atoms with E-state index < -0.39 is 18.0 Å². The molecule has 0 fully saturated rings. The third-order valence-corrected chi connectivity index (χ3v) is 3.96. The molecule has 0 spiro atoms. The van der Waals surface area contributed by atoms with E-state index in [-0.39, 0.29) is 5.56 Å². The van der Waals surface area contributed by atoms with Gasteiger partial charge in [-0.25, -0.2) is 4.79 Å². The van der Waals surface area contributed by atoms with E-state index in [0.717, 1.165) is 0 Å². The molecule has 1 unspecified atom stereocenters. The van der Waals surface area contributed by atoms with E-state index in [0.29, 0.717) is 41.9 Å². The molecule has 2 aromatic rings. The first-order valence-corrected chi connectivity index (χ1v) is 9.75. The molecule has 0 heterocycles. The topological polar surface area (TPSA) is 97.6 Å². The normalized spacial score (nSPS) is 11.3. The van der Waals surface area contributed by atoms with Crippen LogP contribution in [0.3, 0.4) is 0 Å². The average molecular weight is 410 g/mol. The highest BCUT2D eigenvalue weighted by atomic mass is 16.5. The lowest BCUT2D eigenvalue weighted by atomic mass is 10.2. The maximum atomic E-state index is 12.5. The Morgan fingerprint density at radius 1 is 1.07 bits per heavy atom. The predicted molar refractivity (Wildman–Crippen MR) is 113 cm³/mol. The number of anilines is 1. The number of carbonyl (C=O) groups is 2. The molecule has 7 heteroatoms. The molecule has 158 valence electrons. The SMILES string of the molecule is CCOc1cc(C(=O)OC(C)C(=O)Nc2cccc(C#N)c2)ccc1OCC(C)C. The highest BCUT2D eigenvalue weighted by molar-refractivity contribution is 5.97. The molecule has 7 nitrogen and oxygen atoms in total. The minimum Gasteiger partial charge on any atom is -0.490 e. The molecule has 0 aliphatic rings. The summed E-state index contributed by atoms with van der Waals surface area (Å²) in [7, 11) is 0. The van der Waals surface area contributed by atoms with Crippen molar-refractivity contribution < 1.29 is 23.8 Å². The van der Waals surface area contributed by atoms with E-state index in [9.17, 15) is 9.59 Å². The van der Waals surface area contributed by atoms with Crippen LogP contribution in [0.2, 0.25) is 0 Å². The van der Waals surface area contributed by atoms with Gasteiger partial charge in [-0.2, -0.15) is 5.26 Å². The Labute approximate surface area is 176 Å². The van der Waals surface area contributed by atoms with Gasteiger partial charge in [-0.3, -0.25) is 4.79 Å². The Hall–Kier alpha value is -3.53. The number of nitriles is 1. The number of carbonyl (C=O) groups excluding carboxylic acids is 2. The minimum absolute atomic E-state index is 0.251. The summed E-state index contributed by atoms with van der Waals surface area (Å²) < 4.78 is 16.6. The fraction of sp³-hybridized carbons (Fsp3) is 0.348. The molecule has 0 radical (unpaired) electrons. The van der Waals surface area contributed by atoms with Crippen molar-refractivity contribution in [1.82, 2.24) is 0 Å². The van der Waals surface area contributed by atoms with E-state index in [2.05, 4.69) is 5.32 Å². The molecule has 30 heavy (non-hydrogen) atoms. The summed E-state index contributed by atoms with van der Waals surface area (Å²) in [4.78, 5) is 24.8. The first-order valence-electron chi connectivity index (χ1n) is 9.75. The largest absolute Gasteiger partial charge is 0.490 e. The van der Waals surface area contributed by atoms with Gasteiger partial charge in [0.15, 0.2) is 17.6 Å². The number of rotatable bonds is 9. The van der Waals surface area contributed by atoms with Gasteiger partial charge in [0.1, 0.15) is 0 Å². The molecule has 2 aromatic carbocycles. The van der Waals surface area contributed by atoms with Gasteiger partial charge in [0.05, 0.1) is 30.4 Å². The molecule has 1 amide bonds. The Balaban J connectivity index is 2.05. The number of nitrogens with one attached hydrogen (secondary N) is 1. The Bertz CT molecular complexity index is 933. The van der Waals surface area contributed by atoms with Gasteiger partial charge >= 0.3 is 5.97 Å². The van der Waals surface area contributed by atoms with Crippen LogP contribution in [0.5, 0.6) is 11.5 Å². The summed E-state index contributed by atoms with van der Waals surface area (Å²) in [6.45, 7) is 8.32. The van der Waals surface area contributed by atoms with Crippen LogP contribution in [0.15, 0.2) is 42.5 Å². The van der Waals surface area contributed by atoms with Gasteiger partial charge < -0.3 is 19.5 Å². The summed E-state index contributed by atoms with van der Waals surface area (Å²) in [5.74, 6) is 0.181. The molecular weight excluding hydrogens is 384 g/mol. The van der Waals surface area contributed by atoms with Crippen LogP contribution in [0, 0.1) is 17.2 Å². The predicted octanol–water partition coefficient (Wildman–Crippen LogP) is 4.18. The molecule has 2 rings (SSSR count). The van der Waals surface area contributed by atoms with Crippen molar-refractivity contribution in [1.29, 1.82) is 5.26 Å². The van der Waals surface area contributed by atoms with E-state index in [1.54, 1.807) is 36.4 Å². The molecule has 1 atom stereocenters. The molecule has 0 aliphatic heterocycles. The highest BCUT2D eigenvalue weighted by Crippen LogP contribution is 2.29. The van der Waals surface area contributed by atoms with E-state index >= 15 is 0 Å². The monoisotopic (exact) mass is 410 g/mol. The van der Waals surface area contributed by atoms with Crippen molar-refractivity contribution in [2.75, 3.05) is 18.5 Å². The minimum atomic E-state index is -1.03. The first kappa shape index (κ1) is 22.8. The summed E-state index contributed by atoms with van der Waals surface area (Å²) in [6, 6.07) is 13.2. The van der Waals surface area contributed by atoms with Gasteiger partial charge in [-0.15, -0.1) is 0 Å². The Morgan fingerprint density at radius 2 is 1.83 bits per heavy atom. The third kappa shape index (κ3) is 6.52. The highest BCUT2D eigenvalue weighted by Gasteiger charge is 2.20. The summed E-state index contributed by atoms with van der Waals surface area (Å²) in [5, 5.41) is 11.6. The second-order valence-corrected chi connectivity index (χ2v) is 7.03. The molecule has 0 aliphatic carbocycles. The number of nitrogens with zero attached hydrogens (tertiary/aromatic N) is 1. The standard InChI is InChI=1S/C23H26N2O5/c1-5-28-21-12-18(9-10-20(21)29-14-15(2)3)23(27)30-16(4)22(26)25-19-8-6-7-17(11-19)13-24/h6-12,15-16H,5,14H2,1-4H3,(H,25,26). The summed E-state index contributed by atoms with van der Waals surface area (Å²) in [6.07, 6.45) is -1.03. The number of ether oxygens (including phenoxy) is 3. The third-order valence-electron chi connectivity index (χ3n) is 3.96. The zero-order chi connectivity index (χ0) is 22.1. The van der Waals surface area contributed by atoms with Gasteiger partial charge in [0.25, 0.3) is 5.91 Å². The smallest absolute Gasteiger partial charge is 0.339 e. The number of hydrogen-bond donors (Lipinski definition) is 1. The average Bonchev–Trinajstić information content (AvgIpc) is 2.72. The van der Waals surface area contributed by atoms with Crippen LogP contribution in [-0.2, 0) is 9.53 Å². The van der Waals surface area contributed by atoms with Crippen molar-refractivity contribution >= 4 is 17.6 Å². The van der Waals surface area contributed by atoms with Crippen molar-refractivity contribution in [3.05, 3.63) is 53.6 Å².